The number of hydrogen-bond acceptors (Lipinski definition) is 5. The maximum Gasteiger partial charge on any atom is 0.255 e. The number of hydrogen-bond donors (Lipinski definition) is 3. The van der Waals surface area contributed by atoms with E-state index in [0.717, 1.165) is 35.3 Å². The minimum Gasteiger partial charge on any atom is -0.380 e. The summed E-state index contributed by atoms with van der Waals surface area (Å²) >= 11 is 1.63. The molecule has 0 saturated carbocycles. The fourth-order valence-corrected chi connectivity index (χ4v) is 5.40. The van der Waals surface area contributed by atoms with Crippen molar-refractivity contribution in [2.24, 2.45) is 0 Å². The van der Waals surface area contributed by atoms with E-state index in [-0.39, 0.29) is 6.04 Å². The van der Waals surface area contributed by atoms with Crippen LogP contribution in [0.1, 0.15) is 46.0 Å². The lowest BCUT2D eigenvalue weighted by atomic mass is 10.0. The van der Waals surface area contributed by atoms with Gasteiger partial charge in [-0.2, -0.15) is 0 Å². The van der Waals surface area contributed by atoms with Gasteiger partial charge in [0.2, 0.25) is 0 Å². The van der Waals surface area contributed by atoms with Crippen molar-refractivity contribution in [1.82, 2.24) is 10.2 Å². The number of carbonyl (C=O) groups is 2. The molecule has 0 bridgehead atoms. The zero-order chi connectivity index (χ0) is 24.8. The van der Waals surface area contributed by atoms with Crippen LogP contribution < -0.4 is 5.32 Å². The van der Waals surface area contributed by atoms with Crippen LogP contribution in [0.25, 0.3) is 0 Å². The lowest BCUT2D eigenvalue weighted by Gasteiger charge is -2.28. The van der Waals surface area contributed by atoms with Gasteiger partial charge >= 0.3 is 0 Å². The highest BCUT2D eigenvalue weighted by Crippen LogP contribution is 2.32. The molecule has 3 N–H and O–H groups in total. The number of carbonyl (C=O) groups excluding carboxylic acids is 2. The molecule has 1 aliphatic rings. The Morgan fingerprint density at radius 1 is 1.06 bits per heavy atom. The summed E-state index contributed by atoms with van der Waals surface area (Å²) in [6.07, 6.45) is -0.525. The summed E-state index contributed by atoms with van der Waals surface area (Å²) in [7, 11) is 0. The van der Waals surface area contributed by atoms with Crippen LogP contribution in [0.2, 0.25) is 0 Å². The highest BCUT2D eigenvalue weighted by Gasteiger charge is 2.38. The van der Waals surface area contributed by atoms with Crippen molar-refractivity contribution < 1.29 is 19.8 Å². The van der Waals surface area contributed by atoms with Gasteiger partial charge in [-0.25, -0.2) is 0 Å². The Labute approximate surface area is 210 Å². The Morgan fingerprint density at radius 2 is 1.80 bits per heavy atom. The first-order valence-electron chi connectivity index (χ1n) is 12.0. The molecule has 2 heterocycles. The number of rotatable bonds is 9. The van der Waals surface area contributed by atoms with Gasteiger partial charge in [-0.15, -0.1) is 11.3 Å². The Hall–Kier alpha value is -3.00. The molecule has 1 saturated heterocycles. The summed E-state index contributed by atoms with van der Waals surface area (Å²) in [5, 5.41) is 25.6. The summed E-state index contributed by atoms with van der Waals surface area (Å²) in [5.74, 6) is -1.35. The van der Waals surface area contributed by atoms with Gasteiger partial charge in [0.25, 0.3) is 11.8 Å². The smallest absolute Gasteiger partial charge is 0.255 e. The van der Waals surface area contributed by atoms with Crippen molar-refractivity contribution in [3.05, 3.63) is 93.2 Å². The van der Waals surface area contributed by atoms with Gasteiger partial charge in [0.05, 0.1) is 6.04 Å². The fraction of sp³-hybridized carbons (Fsp3) is 0.357. The molecule has 4 rings (SSSR count). The first-order chi connectivity index (χ1) is 16.9. The van der Waals surface area contributed by atoms with Crippen LogP contribution in [0, 0.1) is 6.92 Å². The van der Waals surface area contributed by atoms with Crippen molar-refractivity contribution in [2.75, 3.05) is 13.1 Å². The largest absolute Gasteiger partial charge is 0.380 e. The number of thiophene rings is 1. The van der Waals surface area contributed by atoms with Crippen LogP contribution in [0.4, 0.5) is 0 Å². The van der Waals surface area contributed by atoms with Crippen molar-refractivity contribution in [2.45, 2.75) is 50.9 Å². The molecule has 1 fully saturated rings. The minimum atomic E-state index is -1.81. The van der Waals surface area contributed by atoms with Crippen LogP contribution in [-0.2, 0) is 22.4 Å². The van der Waals surface area contributed by atoms with Crippen LogP contribution in [0.15, 0.2) is 66.0 Å². The molecule has 0 aliphatic carbocycles. The molecule has 1 unspecified atom stereocenters. The van der Waals surface area contributed by atoms with Crippen molar-refractivity contribution >= 4 is 23.2 Å². The number of nitrogens with one attached hydrogen (secondary N) is 1. The van der Waals surface area contributed by atoms with E-state index in [4.69, 9.17) is 0 Å². The van der Waals surface area contributed by atoms with Crippen LogP contribution in [-0.4, -0.2) is 52.2 Å². The molecule has 6 nitrogen and oxygen atoms in total. The van der Waals surface area contributed by atoms with E-state index in [9.17, 15) is 19.8 Å². The van der Waals surface area contributed by atoms with Gasteiger partial charge < -0.3 is 20.4 Å². The number of likely N-dealkylation sites (tertiary alicyclic amines) is 1. The summed E-state index contributed by atoms with van der Waals surface area (Å²) in [6, 6.07) is 20.2. The van der Waals surface area contributed by atoms with E-state index < -0.39 is 24.0 Å². The highest BCUT2D eigenvalue weighted by molar-refractivity contribution is 7.10. The molecule has 7 heteroatoms. The first kappa shape index (κ1) is 25.1. The Morgan fingerprint density at radius 3 is 2.54 bits per heavy atom. The second-order valence-electron chi connectivity index (χ2n) is 9.11. The van der Waals surface area contributed by atoms with Crippen LogP contribution in [0.5, 0.6) is 0 Å². The van der Waals surface area contributed by atoms with Crippen molar-refractivity contribution in [1.29, 1.82) is 0 Å². The van der Waals surface area contributed by atoms with Gasteiger partial charge in [-0.05, 0) is 60.7 Å². The molecule has 0 spiro atoms. The van der Waals surface area contributed by atoms with E-state index in [0.29, 0.717) is 19.5 Å². The molecular formula is C28H32N2O4S. The Balaban J connectivity index is 1.26. The molecule has 35 heavy (non-hydrogen) atoms. The molecule has 2 amide bonds. The topological polar surface area (TPSA) is 89.9 Å². The van der Waals surface area contributed by atoms with E-state index >= 15 is 0 Å². The molecule has 1 aliphatic heterocycles. The lowest BCUT2D eigenvalue weighted by molar-refractivity contribution is -0.153. The zero-order valence-corrected chi connectivity index (χ0v) is 20.7. The molecule has 184 valence electrons. The standard InChI is InChI=1S/C28H32N2O4S/c1-19-9-11-22(12-10-19)24-8-5-15-30(24)28(34)26(32)25(31)27(33)29-14-13-23-17-21(18-35-23)16-20-6-3-2-4-7-20/h2-4,6-7,9-12,17-18,24-26,31-32H,5,8,13-16H2,1H3,(H,29,33)/t24?,25-,26-/m1/s1. The van der Waals surface area contributed by atoms with Gasteiger partial charge in [-0.1, -0.05) is 60.2 Å². The third-order valence-corrected chi connectivity index (χ3v) is 7.49. The second kappa shape index (κ2) is 11.6. The Kier molecular flexibility index (Phi) is 8.33. The summed E-state index contributed by atoms with van der Waals surface area (Å²) in [5.41, 5.74) is 4.59. The molecule has 2 aromatic carbocycles. The van der Waals surface area contributed by atoms with E-state index in [1.54, 1.807) is 16.2 Å². The normalized spacial score (nSPS) is 17.2. The number of amides is 2. The van der Waals surface area contributed by atoms with E-state index in [1.807, 2.05) is 49.4 Å². The van der Waals surface area contributed by atoms with Gasteiger partial charge in [-0.3, -0.25) is 9.59 Å². The fourth-order valence-electron chi connectivity index (χ4n) is 4.51. The highest BCUT2D eigenvalue weighted by atomic mass is 32.1. The second-order valence-corrected chi connectivity index (χ2v) is 10.1. The SMILES string of the molecule is Cc1ccc(C2CCCN2C(=O)[C@H](O)[C@@H](O)C(=O)NCCc2cc(Cc3ccccc3)cs2)cc1. The molecular weight excluding hydrogens is 460 g/mol. The van der Waals surface area contributed by atoms with Gasteiger partial charge in [0.1, 0.15) is 0 Å². The van der Waals surface area contributed by atoms with Gasteiger partial charge in [0, 0.05) is 18.0 Å². The van der Waals surface area contributed by atoms with Crippen LogP contribution >= 0.6 is 11.3 Å². The van der Waals surface area contributed by atoms with E-state index in [2.05, 4.69) is 28.9 Å². The monoisotopic (exact) mass is 492 g/mol. The van der Waals surface area contributed by atoms with E-state index in [1.165, 1.54) is 11.1 Å². The molecule has 3 aromatic rings. The average molecular weight is 493 g/mol. The summed E-state index contributed by atoms with van der Waals surface area (Å²) in [6.45, 7) is 2.81. The number of benzene rings is 2. The van der Waals surface area contributed by atoms with Crippen molar-refractivity contribution in [3.63, 3.8) is 0 Å². The van der Waals surface area contributed by atoms with Gasteiger partial charge in [0.15, 0.2) is 12.2 Å². The first-order valence-corrected chi connectivity index (χ1v) is 12.9. The number of aliphatic hydroxyl groups excluding tert-OH is 2. The van der Waals surface area contributed by atoms with Crippen molar-refractivity contribution in [3.8, 4) is 0 Å². The predicted molar refractivity (Wildman–Crippen MR) is 137 cm³/mol. The number of nitrogens with zero attached hydrogens (tertiary/aromatic N) is 1. The molecule has 0 radical (unpaired) electrons. The lowest BCUT2D eigenvalue weighted by Crippen LogP contribution is -2.50. The van der Waals surface area contributed by atoms with Crippen LogP contribution in [0.3, 0.4) is 0 Å². The predicted octanol–water partition coefficient (Wildman–Crippen LogP) is 3.39. The maximum absolute atomic E-state index is 12.9. The summed E-state index contributed by atoms with van der Waals surface area (Å²) in [4.78, 5) is 28.1. The number of aliphatic hydroxyl groups is 2. The quantitative estimate of drug-likeness (QED) is 0.427. The maximum atomic E-state index is 12.9. The number of aryl methyl sites for hydroxylation is 1. The minimum absolute atomic E-state index is 0.156. The third kappa shape index (κ3) is 6.36. The Bertz CT molecular complexity index is 1130. The zero-order valence-electron chi connectivity index (χ0n) is 19.9. The summed E-state index contributed by atoms with van der Waals surface area (Å²) < 4.78 is 0. The third-order valence-electron chi connectivity index (χ3n) is 6.45. The molecule has 3 atom stereocenters. The molecule has 1 aromatic heterocycles. The average Bonchev–Trinajstić information content (AvgIpc) is 3.53.